The minimum Gasteiger partial charge on any atom is -0.313 e. The molecule has 0 aliphatic heterocycles. The van der Waals surface area contributed by atoms with E-state index < -0.39 is 0 Å². The highest BCUT2D eigenvalue weighted by Gasteiger charge is 2.19. The van der Waals surface area contributed by atoms with Gasteiger partial charge < -0.3 is 5.32 Å². The lowest BCUT2D eigenvalue weighted by Crippen LogP contribution is -2.18. The highest BCUT2D eigenvalue weighted by Crippen LogP contribution is 2.27. The molecule has 0 saturated carbocycles. The van der Waals surface area contributed by atoms with Crippen molar-refractivity contribution in [1.82, 2.24) is 15.3 Å². The minimum absolute atomic E-state index is 0.391. The molecule has 0 spiro atoms. The van der Waals surface area contributed by atoms with Gasteiger partial charge in [0.05, 0.1) is 0 Å². The fraction of sp³-hybridized carbons (Fsp3) is 0.412. The first kappa shape index (κ1) is 14.5. The quantitative estimate of drug-likeness (QED) is 0.878. The Morgan fingerprint density at radius 3 is 3.05 bits per heavy atom. The van der Waals surface area contributed by atoms with E-state index in [0.717, 1.165) is 29.3 Å². The summed E-state index contributed by atoms with van der Waals surface area (Å²) in [7, 11) is 2.01. The molecule has 1 heterocycles. The summed E-state index contributed by atoms with van der Waals surface area (Å²) in [5.41, 5.74) is 3.63. The molecule has 0 radical (unpaired) electrons. The lowest BCUT2D eigenvalue weighted by molar-refractivity contribution is 0.531. The molecule has 1 N–H and O–H groups in total. The van der Waals surface area contributed by atoms with Crippen LogP contribution in [-0.2, 0) is 12.8 Å². The highest BCUT2D eigenvalue weighted by atomic mass is 35.5. The summed E-state index contributed by atoms with van der Waals surface area (Å²) in [4.78, 5) is 9.36. The molecular formula is C17H20ClN3. The number of aromatic nitrogens is 2. The van der Waals surface area contributed by atoms with Crippen molar-refractivity contribution in [3.63, 3.8) is 0 Å². The average Bonchev–Trinajstić information content (AvgIpc) is 2.68. The Hall–Kier alpha value is -1.45. The summed E-state index contributed by atoms with van der Waals surface area (Å²) in [5, 5.41) is 4.14. The summed E-state index contributed by atoms with van der Waals surface area (Å²) >= 11 is 6.04. The van der Waals surface area contributed by atoms with Gasteiger partial charge in [0, 0.05) is 34.9 Å². The van der Waals surface area contributed by atoms with Crippen molar-refractivity contribution in [2.45, 2.75) is 38.1 Å². The normalized spacial score (nSPS) is 18.1. The fourth-order valence-corrected chi connectivity index (χ4v) is 3.18. The molecule has 110 valence electrons. The van der Waals surface area contributed by atoms with Crippen molar-refractivity contribution in [2.24, 2.45) is 0 Å². The molecule has 1 unspecified atom stereocenters. The van der Waals surface area contributed by atoms with Crippen LogP contribution in [0.4, 0.5) is 0 Å². The van der Waals surface area contributed by atoms with Crippen LogP contribution < -0.4 is 5.32 Å². The van der Waals surface area contributed by atoms with Crippen LogP contribution >= 0.6 is 11.6 Å². The van der Waals surface area contributed by atoms with Gasteiger partial charge in [-0.25, -0.2) is 9.97 Å². The molecule has 1 aromatic heterocycles. The summed E-state index contributed by atoms with van der Waals surface area (Å²) < 4.78 is 0. The zero-order valence-corrected chi connectivity index (χ0v) is 13.0. The van der Waals surface area contributed by atoms with E-state index in [0.29, 0.717) is 6.04 Å². The largest absolute Gasteiger partial charge is 0.313 e. The number of hydrogen-bond donors (Lipinski definition) is 1. The Balaban J connectivity index is 1.86. The van der Waals surface area contributed by atoms with Gasteiger partial charge in [0.2, 0.25) is 0 Å². The van der Waals surface area contributed by atoms with Crippen LogP contribution in [0.25, 0.3) is 0 Å². The summed E-state index contributed by atoms with van der Waals surface area (Å²) in [6.07, 6.45) is 7.41. The third kappa shape index (κ3) is 3.42. The van der Waals surface area contributed by atoms with Gasteiger partial charge in [0.15, 0.2) is 0 Å². The molecule has 1 atom stereocenters. The monoisotopic (exact) mass is 301 g/mol. The molecule has 3 rings (SSSR count). The lowest BCUT2D eigenvalue weighted by atomic mass is 10.0. The van der Waals surface area contributed by atoms with E-state index in [9.17, 15) is 0 Å². The van der Waals surface area contributed by atoms with E-state index >= 15 is 0 Å². The van der Waals surface area contributed by atoms with E-state index in [1.807, 2.05) is 31.4 Å². The third-order valence-electron chi connectivity index (χ3n) is 4.08. The number of nitrogens with zero attached hydrogens (tertiary/aromatic N) is 2. The Morgan fingerprint density at radius 1 is 1.33 bits per heavy atom. The van der Waals surface area contributed by atoms with Gasteiger partial charge in [0.25, 0.3) is 0 Å². The second-order valence-corrected chi connectivity index (χ2v) is 6.02. The Bertz CT molecular complexity index is 627. The number of aryl methyl sites for hydroxylation is 1. The fourth-order valence-electron chi connectivity index (χ4n) is 2.97. The van der Waals surface area contributed by atoms with E-state index in [1.165, 1.54) is 30.5 Å². The molecule has 2 aromatic rings. The van der Waals surface area contributed by atoms with E-state index in [2.05, 4.69) is 16.4 Å². The molecule has 0 saturated heterocycles. The van der Waals surface area contributed by atoms with Gasteiger partial charge in [-0.15, -0.1) is 0 Å². The zero-order chi connectivity index (χ0) is 14.7. The highest BCUT2D eigenvalue weighted by molar-refractivity contribution is 6.30. The smallest absolute Gasteiger partial charge is 0.132 e. The SMILES string of the molecule is CNC1CCCCc2nc(Cc3cccc(Cl)c3)ncc21. The Kier molecular flexibility index (Phi) is 4.51. The van der Waals surface area contributed by atoms with Crippen LogP contribution in [0.3, 0.4) is 0 Å². The van der Waals surface area contributed by atoms with E-state index in [4.69, 9.17) is 16.6 Å². The predicted octanol–water partition coefficient (Wildman–Crippen LogP) is 3.71. The lowest BCUT2D eigenvalue weighted by Gasteiger charge is -2.16. The maximum Gasteiger partial charge on any atom is 0.132 e. The molecule has 1 aromatic carbocycles. The molecule has 21 heavy (non-hydrogen) atoms. The molecule has 1 aliphatic rings. The Morgan fingerprint density at radius 2 is 2.24 bits per heavy atom. The maximum atomic E-state index is 6.04. The van der Waals surface area contributed by atoms with Crippen molar-refractivity contribution in [3.8, 4) is 0 Å². The molecular weight excluding hydrogens is 282 g/mol. The van der Waals surface area contributed by atoms with Gasteiger partial charge in [-0.1, -0.05) is 30.2 Å². The van der Waals surface area contributed by atoms with Crippen molar-refractivity contribution in [3.05, 3.63) is 58.1 Å². The van der Waals surface area contributed by atoms with Gasteiger partial charge in [-0.3, -0.25) is 0 Å². The van der Waals surface area contributed by atoms with Crippen LogP contribution in [0.15, 0.2) is 30.5 Å². The standard InChI is InChI=1S/C17H20ClN3/c1-19-15-7-2-3-8-16-14(15)11-20-17(21-16)10-12-5-4-6-13(18)9-12/h4-6,9,11,15,19H,2-3,7-8,10H2,1H3. The second-order valence-electron chi connectivity index (χ2n) is 5.58. The molecule has 4 heteroatoms. The van der Waals surface area contributed by atoms with E-state index in [1.54, 1.807) is 0 Å². The molecule has 0 amide bonds. The first-order chi connectivity index (χ1) is 10.3. The van der Waals surface area contributed by atoms with E-state index in [-0.39, 0.29) is 0 Å². The number of hydrogen-bond acceptors (Lipinski definition) is 3. The average molecular weight is 302 g/mol. The number of halogens is 1. The molecule has 3 nitrogen and oxygen atoms in total. The number of rotatable bonds is 3. The summed E-state index contributed by atoms with van der Waals surface area (Å²) in [5.74, 6) is 0.882. The molecule has 0 bridgehead atoms. The van der Waals surface area contributed by atoms with Gasteiger partial charge in [-0.05, 0) is 44.0 Å². The van der Waals surface area contributed by atoms with Crippen LogP contribution in [0, 0.1) is 0 Å². The van der Waals surface area contributed by atoms with Crippen molar-refractivity contribution >= 4 is 11.6 Å². The van der Waals surface area contributed by atoms with Crippen molar-refractivity contribution < 1.29 is 0 Å². The van der Waals surface area contributed by atoms with Gasteiger partial charge >= 0.3 is 0 Å². The minimum atomic E-state index is 0.391. The van der Waals surface area contributed by atoms with Crippen molar-refractivity contribution in [2.75, 3.05) is 7.05 Å². The number of fused-ring (bicyclic) bond motifs is 1. The number of nitrogens with one attached hydrogen (secondary N) is 1. The molecule has 0 fully saturated rings. The topological polar surface area (TPSA) is 37.8 Å². The van der Waals surface area contributed by atoms with Crippen molar-refractivity contribution in [1.29, 1.82) is 0 Å². The molecule has 1 aliphatic carbocycles. The third-order valence-corrected chi connectivity index (χ3v) is 4.32. The van der Waals surface area contributed by atoms with Crippen LogP contribution in [0.5, 0.6) is 0 Å². The first-order valence-electron chi connectivity index (χ1n) is 7.52. The Labute approximate surface area is 130 Å². The van der Waals surface area contributed by atoms with Crippen LogP contribution in [0.1, 0.15) is 47.9 Å². The number of benzene rings is 1. The zero-order valence-electron chi connectivity index (χ0n) is 12.3. The second kappa shape index (κ2) is 6.54. The summed E-state index contributed by atoms with van der Waals surface area (Å²) in [6, 6.07) is 8.30. The van der Waals surface area contributed by atoms with Crippen LogP contribution in [-0.4, -0.2) is 17.0 Å². The van der Waals surface area contributed by atoms with Gasteiger partial charge in [0.1, 0.15) is 5.82 Å². The first-order valence-corrected chi connectivity index (χ1v) is 7.90. The maximum absolute atomic E-state index is 6.04. The van der Waals surface area contributed by atoms with Gasteiger partial charge in [-0.2, -0.15) is 0 Å². The summed E-state index contributed by atoms with van der Waals surface area (Å²) in [6.45, 7) is 0. The predicted molar refractivity (Wildman–Crippen MR) is 85.6 cm³/mol. The van der Waals surface area contributed by atoms with Crippen LogP contribution in [0.2, 0.25) is 5.02 Å².